The molecule has 0 bridgehead atoms. The van der Waals surface area contributed by atoms with E-state index >= 15 is 0 Å². The van der Waals surface area contributed by atoms with E-state index in [1.165, 1.54) is 0 Å². The monoisotopic (exact) mass is 160 g/mol. The summed E-state index contributed by atoms with van der Waals surface area (Å²) >= 11 is 1.54. The molecule has 0 atom stereocenters. The van der Waals surface area contributed by atoms with Crippen molar-refractivity contribution in [3.8, 4) is 0 Å². The molecule has 0 saturated carbocycles. The summed E-state index contributed by atoms with van der Waals surface area (Å²) < 4.78 is 0. The van der Waals surface area contributed by atoms with Crippen LogP contribution in [0.2, 0.25) is 0 Å². The average Bonchev–Trinajstić information content (AvgIpc) is 2.31. The van der Waals surface area contributed by atoms with Crippen molar-refractivity contribution in [1.82, 2.24) is 5.06 Å². The van der Waals surface area contributed by atoms with E-state index in [1.54, 1.807) is 16.8 Å². The van der Waals surface area contributed by atoms with Gasteiger partial charge in [-0.25, -0.2) is 5.06 Å². The maximum absolute atomic E-state index is 7.35. The normalized spacial score (nSPS) is 18.5. The maximum atomic E-state index is 7.35. The van der Waals surface area contributed by atoms with Gasteiger partial charge in [-0.2, -0.15) is 0 Å². The number of hydrogen-bond donors (Lipinski definition) is 1. The van der Waals surface area contributed by atoms with Gasteiger partial charge in [0.25, 0.3) is 0 Å². The molecule has 1 aliphatic heterocycles. The van der Waals surface area contributed by atoms with Gasteiger partial charge in [0.15, 0.2) is 5.17 Å². The minimum atomic E-state index is 0.549. The van der Waals surface area contributed by atoms with Gasteiger partial charge in [0.05, 0.1) is 13.2 Å². The van der Waals surface area contributed by atoms with Crippen LogP contribution in [0.15, 0.2) is 0 Å². The largest absolute Gasteiger partial charge is 0.277 e. The molecule has 10 heavy (non-hydrogen) atoms. The van der Waals surface area contributed by atoms with Crippen LogP contribution in [-0.4, -0.2) is 29.1 Å². The summed E-state index contributed by atoms with van der Waals surface area (Å²) in [5.41, 5.74) is 0. The molecule has 1 saturated heterocycles. The molecule has 1 aliphatic rings. The Balaban J connectivity index is 2.20. The zero-order valence-corrected chi connectivity index (χ0v) is 6.91. The zero-order chi connectivity index (χ0) is 7.40. The second-order valence-corrected chi connectivity index (χ2v) is 3.17. The zero-order valence-electron chi connectivity index (χ0n) is 6.09. The van der Waals surface area contributed by atoms with E-state index in [1.807, 2.05) is 0 Å². The number of amidine groups is 1. The van der Waals surface area contributed by atoms with Crippen molar-refractivity contribution in [3.63, 3.8) is 0 Å². The molecule has 0 aromatic rings. The van der Waals surface area contributed by atoms with Crippen LogP contribution >= 0.6 is 11.8 Å². The van der Waals surface area contributed by atoms with Crippen molar-refractivity contribution < 1.29 is 4.84 Å². The Hall–Kier alpha value is -0.220. The first-order valence-corrected chi connectivity index (χ1v) is 4.45. The number of hydrogen-bond acceptors (Lipinski definition) is 3. The molecule has 3 nitrogen and oxygen atoms in total. The number of nitrogens with zero attached hydrogens (tertiary/aromatic N) is 1. The van der Waals surface area contributed by atoms with E-state index in [0.717, 1.165) is 25.3 Å². The van der Waals surface area contributed by atoms with Gasteiger partial charge >= 0.3 is 0 Å². The smallest absolute Gasteiger partial charge is 0.180 e. The highest BCUT2D eigenvalue weighted by molar-refractivity contribution is 8.14. The molecule has 0 spiro atoms. The molecule has 0 amide bonds. The van der Waals surface area contributed by atoms with Gasteiger partial charge in [-0.05, 0) is 6.42 Å². The third kappa shape index (κ3) is 1.88. The minimum absolute atomic E-state index is 0.549. The van der Waals surface area contributed by atoms with Gasteiger partial charge in [0, 0.05) is 5.75 Å². The van der Waals surface area contributed by atoms with E-state index in [-0.39, 0.29) is 0 Å². The standard InChI is InChI=1S/C6H12N2OS/c1-2-4-9-8-3-5-10-6(8)7/h7H,2-5H2,1H3. The lowest BCUT2D eigenvalue weighted by atomic mass is 10.5. The Morgan fingerprint density at radius 1 is 1.80 bits per heavy atom. The summed E-state index contributed by atoms with van der Waals surface area (Å²) in [5, 5.41) is 9.56. The molecule has 0 aromatic heterocycles. The lowest BCUT2D eigenvalue weighted by Crippen LogP contribution is -2.24. The Labute approximate surface area is 65.2 Å². The van der Waals surface area contributed by atoms with Crippen LogP contribution < -0.4 is 0 Å². The molecule has 1 N–H and O–H groups in total. The molecular formula is C6H12N2OS. The van der Waals surface area contributed by atoms with Crippen molar-refractivity contribution in [1.29, 1.82) is 5.41 Å². The molecule has 0 aromatic carbocycles. The summed E-state index contributed by atoms with van der Waals surface area (Å²) in [4.78, 5) is 5.25. The van der Waals surface area contributed by atoms with Gasteiger partial charge < -0.3 is 0 Å². The molecule has 0 unspecified atom stereocenters. The average molecular weight is 160 g/mol. The minimum Gasteiger partial charge on any atom is -0.277 e. The molecule has 0 radical (unpaired) electrons. The molecule has 0 aliphatic carbocycles. The quantitative estimate of drug-likeness (QED) is 0.676. The Morgan fingerprint density at radius 2 is 2.60 bits per heavy atom. The second kappa shape index (κ2) is 3.83. The second-order valence-electron chi connectivity index (χ2n) is 2.09. The highest BCUT2D eigenvalue weighted by Crippen LogP contribution is 2.15. The van der Waals surface area contributed by atoms with Gasteiger partial charge in [0.2, 0.25) is 0 Å². The van der Waals surface area contributed by atoms with Crippen molar-refractivity contribution >= 4 is 16.9 Å². The van der Waals surface area contributed by atoms with Crippen molar-refractivity contribution in [2.24, 2.45) is 0 Å². The molecule has 1 fully saturated rings. The Kier molecular flexibility index (Phi) is 3.02. The lowest BCUT2D eigenvalue weighted by Gasteiger charge is -2.14. The summed E-state index contributed by atoms with van der Waals surface area (Å²) in [6.45, 7) is 3.65. The number of hydroxylamine groups is 2. The molecule has 1 heterocycles. The predicted molar refractivity (Wildman–Crippen MR) is 43.1 cm³/mol. The van der Waals surface area contributed by atoms with Crippen LogP contribution in [0.1, 0.15) is 13.3 Å². The van der Waals surface area contributed by atoms with Crippen LogP contribution in [-0.2, 0) is 4.84 Å². The Morgan fingerprint density at radius 3 is 3.10 bits per heavy atom. The number of nitrogens with one attached hydrogen (secondary N) is 1. The number of thioether (sulfide) groups is 1. The Bertz CT molecular complexity index is 129. The van der Waals surface area contributed by atoms with Crippen LogP contribution in [0.3, 0.4) is 0 Å². The van der Waals surface area contributed by atoms with Gasteiger partial charge in [-0.15, -0.1) is 0 Å². The van der Waals surface area contributed by atoms with Gasteiger partial charge in [-0.1, -0.05) is 18.7 Å². The van der Waals surface area contributed by atoms with E-state index < -0.39 is 0 Å². The SMILES string of the molecule is CCCON1CCSC1=N. The first-order valence-electron chi connectivity index (χ1n) is 3.46. The van der Waals surface area contributed by atoms with Crippen LogP contribution in [0.5, 0.6) is 0 Å². The molecule has 4 heteroatoms. The van der Waals surface area contributed by atoms with Crippen molar-refractivity contribution in [3.05, 3.63) is 0 Å². The fourth-order valence-corrected chi connectivity index (χ4v) is 1.46. The lowest BCUT2D eigenvalue weighted by molar-refractivity contribution is -0.0898. The molecule has 58 valence electrons. The van der Waals surface area contributed by atoms with Crippen LogP contribution in [0, 0.1) is 5.41 Å². The van der Waals surface area contributed by atoms with E-state index in [2.05, 4.69) is 6.92 Å². The summed E-state index contributed by atoms with van der Waals surface area (Å²) in [6, 6.07) is 0. The highest BCUT2D eigenvalue weighted by Gasteiger charge is 2.17. The van der Waals surface area contributed by atoms with Crippen molar-refractivity contribution in [2.75, 3.05) is 18.9 Å². The van der Waals surface area contributed by atoms with E-state index in [4.69, 9.17) is 10.2 Å². The predicted octanol–water partition coefficient (Wildman–Crippen LogP) is 1.31. The van der Waals surface area contributed by atoms with Crippen LogP contribution in [0.4, 0.5) is 0 Å². The third-order valence-corrected chi connectivity index (χ3v) is 2.07. The van der Waals surface area contributed by atoms with Gasteiger partial charge in [-0.3, -0.25) is 10.2 Å². The topological polar surface area (TPSA) is 36.3 Å². The first kappa shape index (κ1) is 7.88. The number of rotatable bonds is 3. The summed E-state index contributed by atoms with van der Waals surface area (Å²) in [5.74, 6) is 0.989. The molecule has 1 rings (SSSR count). The summed E-state index contributed by atoms with van der Waals surface area (Å²) in [7, 11) is 0. The van der Waals surface area contributed by atoms with Gasteiger partial charge in [0.1, 0.15) is 0 Å². The van der Waals surface area contributed by atoms with Crippen LogP contribution in [0.25, 0.3) is 0 Å². The van der Waals surface area contributed by atoms with E-state index in [9.17, 15) is 0 Å². The molecular weight excluding hydrogens is 148 g/mol. The summed E-state index contributed by atoms with van der Waals surface area (Å²) in [6.07, 6.45) is 1.01. The van der Waals surface area contributed by atoms with E-state index in [0.29, 0.717) is 5.17 Å². The maximum Gasteiger partial charge on any atom is 0.180 e. The fourth-order valence-electron chi connectivity index (χ4n) is 0.723. The van der Waals surface area contributed by atoms with Crippen molar-refractivity contribution in [2.45, 2.75) is 13.3 Å². The first-order chi connectivity index (χ1) is 4.84. The highest BCUT2D eigenvalue weighted by atomic mass is 32.2. The fraction of sp³-hybridized carbons (Fsp3) is 0.833. The third-order valence-electron chi connectivity index (χ3n) is 1.21.